The molecule has 2 nitrogen and oxygen atoms in total. The highest BCUT2D eigenvalue weighted by atomic mass is 79.9. The number of hydrogen-bond donors (Lipinski definition) is 1. The molecular weight excluding hydrogens is 363 g/mol. The van der Waals surface area contributed by atoms with Crippen molar-refractivity contribution in [2.24, 2.45) is 0 Å². The first-order valence-electron chi connectivity index (χ1n) is 6.13. The van der Waals surface area contributed by atoms with Gasteiger partial charge < -0.3 is 9.84 Å². The van der Waals surface area contributed by atoms with Gasteiger partial charge in [-0.3, -0.25) is 0 Å². The quantitative estimate of drug-likeness (QED) is 0.733. The highest BCUT2D eigenvalue weighted by molar-refractivity contribution is 9.10. The van der Waals surface area contributed by atoms with Gasteiger partial charge in [-0.2, -0.15) is 0 Å². The van der Waals surface area contributed by atoms with Crippen LogP contribution in [0.5, 0.6) is 5.75 Å². The lowest BCUT2D eigenvalue weighted by Gasteiger charge is -2.30. The first-order valence-corrected chi connectivity index (χ1v) is 7.68. The summed E-state index contributed by atoms with van der Waals surface area (Å²) in [5, 5.41) is 11.5. The second-order valence-electron chi connectivity index (χ2n) is 4.71. The largest absolute Gasteiger partial charge is 0.485 e. The van der Waals surface area contributed by atoms with E-state index in [1.54, 1.807) is 18.2 Å². The number of aliphatic hydroxyl groups is 1. The van der Waals surface area contributed by atoms with Crippen molar-refractivity contribution in [2.75, 3.05) is 0 Å². The molecule has 0 fully saturated rings. The Hall–Kier alpha value is -0.740. The van der Waals surface area contributed by atoms with Gasteiger partial charge in [0.2, 0.25) is 0 Å². The van der Waals surface area contributed by atoms with E-state index in [-0.39, 0.29) is 6.10 Å². The fraction of sp³-hybridized carbons (Fsp3) is 0.200. The molecule has 0 bridgehead atoms. The van der Waals surface area contributed by atoms with Crippen molar-refractivity contribution < 1.29 is 9.84 Å². The lowest BCUT2D eigenvalue weighted by atomic mass is 9.95. The average Bonchev–Trinajstić information content (AvgIpc) is 2.42. The van der Waals surface area contributed by atoms with Gasteiger partial charge in [-0.25, -0.2) is 0 Å². The molecule has 0 saturated heterocycles. The van der Waals surface area contributed by atoms with Crippen molar-refractivity contribution in [3.63, 3.8) is 0 Å². The van der Waals surface area contributed by atoms with E-state index in [4.69, 9.17) is 27.9 Å². The maximum atomic E-state index is 10.3. The van der Waals surface area contributed by atoms with Crippen LogP contribution >= 0.6 is 39.1 Å². The highest BCUT2D eigenvalue weighted by Crippen LogP contribution is 2.42. The van der Waals surface area contributed by atoms with E-state index in [1.807, 2.05) is 18.2 Å². The molecule has 1 N–H and O–H groups in total. The molecule has 2 aromatic rings. The third kappa shape index (κ3) is 2.68. The standard InChI is InChI=1S/C15H11BrCl2O2/c16-11-3-1-8(5-12(11)18)15-7-13(19)10-6-9(17)2-4-14(10)20-15/h1-6,13,15,19H,7H2. The number of benzene rings is 2. The Labute approximate surface area is 135 Å². The summed E-state index contributed by atoms with van der Waals surface area (Å²) in [6, 6.07) is 11.0. The maximum Gasteiger partial charge on any atom is 0.127 e. The Bertz CT molecular complexity index is 660. The van der Waals surface area contributed by atoms with Gasteiger partial charge in [0.1, 0.15) is 11.9 Å². The number of halogens is 3. The fourth-order valence-electron chi connectivity index (χ4n) is 2.33. The molecule has 0 radical (unpaired) electrons. The zero-order valence-electron chi connectivity index (χ0n) is 10.3. The van der Waals surface area contributed by atoms with Crippen LogP contribution in [0.15, 0.2) is 40.9 Å². The summed E-state index contributed by atoms with van der Waals surface area (Å²) in [5.41, 5.74) is 1.68. The SMILES string of the molecule is OC1CC(c2ccc(Br)c(Cl)c2)Oc2ccc(Cl)cc21. The second kappa shape index (κ2) is 5.57. The number of ether oxygens (including phenoxy) is 1. The minimum Gasteiger partial charge on any atom is -0.485 e. The average molecular weight is 374 g/mol. The molecule has 0 spiro atoms. The van der Waals surface area contributed by atoms with Crippen LogP contribution in [0, 0.1) is 0 Å². The summed E-state index contributed by atoms with van der Waals surface area (Å²) in [7, 11) is 0. The number of rotatable bonds is 1. The minimum absolute atomic E-state index is 0.218. The van der Waals surface area contributed by atoms with Crippen molar-refractivity contribution in [3.05, 3.63) is 62.0 Å². The van der Waals surface area contributed by atoms with E-state index in [9.17, 15) is 5.11 Å². The molecule has 5 heteroatoms. The molecule has 0 saturated carbocycles. The Balaban J connectivity index is 1.94. The van der Waals surface area contributed by atoms with Crippen LogP contribution in [0.4, 0.5) is 0 Å². The van der Waals surface area contributed by atoms with Crippen LogP contribution in [0.2, 0.25) is 10.0 Å². The van der Waals surface area contributed by atoms with Gasteiger partial charge in [0.15, 0.2) is 0 Å². The maximum absolute atomic E-state index is 10.3. The first-order chi connectivity index (χ1) is 9.54. The van der Waals surface area contributed by atoms with E-state index in [0.29, 0.717) is 22.2 Å². The van der Waals surface area contributed by atoms with Gasteiger partial charge in [-0.05, 0) is 51.8 Å². The molecule has 2 unspecified atom stereocenters. The molecule has 3 rings (SSSR count). The fourth-order valence-corrected chi connectivity index (χ4v) is 2.95. The van der Waals surface area contributed by atoms with Gasteiger partial charge in [0.05, 0.1) is 11.1 Å². The normalized spacial score (nSPS) is 21.2. The number of fused-ring (bicyclic) bond motifs is 1. The lowest BCUT2D eigenvalue weighted by molar-refractivity contribution is 0.0657. The molecule has 2 atom stereocenters. The Kier molecular flexibility index (Phi) is 3.95. The van der Waals surface area contributed by atoms with E-state index < -0.39 is 6.10 Å². The van der Waals surface area contributed by atoms with Gasteiger partial charge in [0, 0.05) is 21.5 Å². The molecule has 2 aromatic carbocycles. The predicted octanol–water partition coefficient (Wildman–Crippen LogP) is 5.31. The van der Waals surface area contributed by atoms with Crippen molar-refractivity contribution >= 4 is 39.1 Å². The molecule has 1 heterocycles. The van der Waals surface area contributed by atoms with Crippen molar-refractivity contribution in [2.45, 2.75) is 18.6 Å². The molecule has 1 aliphatic heterocycles. The van der Waals surface area contributed by atoms with Crippen molar-refractivity contribution in [3.8, 4) is 5.75 Å². The molecule has 0 aliphatic carbocycles. The van der Waals surface area contributed by atoms with Crippen molar-refractivity contribution in [1.29, 1.82) is 0 Å². The Morgan fingerprint density at radius 1 is 1.15 bits per heavy atom. The van der Waals surface area contributed by atoms with E-state index in [2.05, 4.69) is 15.9 Å². The summed E-state index contributed by atoms with van der Waals surface area (Å²) in [6.07, 6.45) is -0.333. The van der Waals surface area contributed by atoms with Gasteiger partial charge >= 0.3 is 0 Å². The summed E-state index contributed by atoms with van der Waals surface area (Å²) >= 11 is 15.4. The zero-order chi connectivity index (χ0) is 14.3. The van der Waals surface area contributed by atoms with Crippen LogP contribution in [-0.4, -0.2) is 5.11 Å². The van der Waals surface area contributed by atoms with Crippen LogP contribution in [0.3, 0.4) is 0 Å². The Morgan fingerprint density at radius 3 is 2.70 bits per heavy atom. The third-order valence-corrected chi connectivity index (χ3v) is 4.82. The molecule has 0 amide bonds. The second-order valence-corrected chi connectivity index (χ2v) is 6.41. The van der Waals surface area contributed by atoms with Crippen LogP contribution < -0.4 is 4.74 Å². The van der Waals surface area contributed by atoms with E-state index in [0.717, 1.165) is 15.6 Å². The predicted molar refractivity (Wildman–Crippen MR) is 83.5 cm³/mol. The first kappa shape index (κ1) is 14.2. The van der Waals surface area contributed by atoms with E-state index >= 15 is 0 Å². The molecule has 104 valence electrons. The molecule has 20 heavy (non-hydrogen) atoms. The van der Waals surface area contributed by atoms with Gasteiger partial charge in [0.25, 0.3) is 0 Å². The van der Waals surface area contributed by atoms with Crippen LogP contribution in [-0.2, 0) is 0 Å². The Morgan fingerprint density at radius 2 is 1.95 bits per heavy atom. The summed E-state index contributed by atoms with van der Waals surface area (Å²) in [5.74, 6) is 0.664. The monoisotopic (exact) mass is 372 g/mol. The van der Waals surface area contributed by atoms with Gasteiger partial charge in [-0.1, -0.05) is 29.3 Å². The lowest BCUT2D eigenvalue weighted by Crippen LogP contribution is -2.19. The van der Waals surface area contributed by atoms with E-state index in [1.165, 1.54) is 0 Å². The van der Waals surface area contributed by atoms with Gasteiger partial charge in [-0.15, -0.1) is 0 Å². The molecule has 0 aromatic heterocycles. The summed E-state index contributed by atoms with van der Waals surface area (Å²) < 4.78 is 6.78. The summed E-state index contributed by atoms with van der Waals surface area (Å²) in [4.78, 5) is 0. The smallest absolute Gasteiger partial charge is 0.127 e. The summed E-state index contributed by atoms with van der Waals surface area (Å²) in [6.45, 7) is 0. The third-order valence-electron chi connectivity index (χ3n) is 3.35. The number of aliphatic hydroxyl groups excluding tert-OH is 1. The minimum atomic E-state index is -0.593. The van der Waals surface area contributed by atoms with Crippen molar-refractivity contribution in [1.82, 2.24) is 0 Å². The number of hydrogen-bond acceptors (Lipinski definition) is 2. The molecule has 1 aliphatic rings. The van der Waals surface area contributed by atoms with Crippen LogP contribution in [0.1, 0.15) is 29.8 Å². The highest BCUT2D eigenvalue weighted by Gasteiger charge is 2.28. The topological polar surface area (TPSA) is 29.5 Å². The zero-order valence-corrected chi connectivity index (χ0v) is 13.4. The molecular formula is C15H11BrCl2O2. The van der Waals surface area contributed by atoms with Crippen LogP contribution in [0.25, 0.3) is 0 Å².